The maximum atomic E-state index is 12.6. The van der Waals surface area contributed by atoms with Crippen molar-refractivity contribution in [1.82, 2.24) is 9.80 Å². The van der Waals surface area contributed by atoms with Gasteiger partial charge in [-0.2, -0.15) is 0 Å². The first-order valence-electron chi connectivity index (χ1n) is 11.4. The van der Waals surface area contributed by atoms with Crippen molar-refractivity contribution in [3.05, 3.63) is 65.7 Å². The van der Waals surface area contributed by atoms with Crippen molar-refractivity contribution >= 4 is 23.7 Å². The van der Waals surface area contributed by atoms with Gasteiger partial charge in [0.2, 0.25) is 5.91 Å². The molecule has 0 atom stereocenters. The molecule has 1 aliphatic carbocycles. The molecule has 3 amide bonds. The van der Waals surface area contributed by atoms with Gasteiger partial charge in [-0.05, 0) is 74.1 Å². The summed E-state index contributed by atoms with van der Waals surface area (Å²) in [7, 11) is 0. The minimum Gasteiger partial charge on any atom is -0.490 e. The average Bonchev–Trinajstić information content (AvgIpc) is 3.31. The number of nitrogens with zero attached hydrogens (tertiary/aromatic N) is 2. The molecule has 1 N–H and O–H groups in total. The van der Waals surface area contributed by atoms with Gasteiger partial charge in [-0.15, -0.1) is 0 Å². The van der Waals surface area contributed by atoms with E-state index in [1.807, 2.05) is 61.5 Å². The highest BCUT2D eigenvalue weighted by Gasteiger charge is 2.23. The number of aryl methyl sites for hydroxylation is 1. The highest BCUT2D eigenvalue weighted by molar-refractivity contribution is 5.92. The predicted octanol–water partition coefficient (Wildman–Crippen LogP) is 4.71. The van der Waals surface area contributed by atoms with E-state index in [1.165, 1.54) is 12.8 Å². The molecule has 0 radical (unpaired) electrons. The first-order chi connectivity index (χ1) is 15.6. The van der Waals surface area contributed by atoms with Gasteiger partial charge in [0.05, 0.1) is 6.10 Å². The summed E-state index contributed by atoms with van der Waals surface area (Å²) >= 11 is 0. The Bertz CT molecular complexity index is 974. The first kappa shape index (κ1) is 21.9. The first-order valence-corrected chi connectivity index (χ1v) is 11.4. The van der Waals surface area contributed by atoms with Crippen molar-refractivity contribution in [2.75, 3.05) is 31.5 Å². The largest absolute Gasteiger partial charge is 0.490 e. The zero-order valence-corrected chi connectivity index (χ0v) is 18.6. The maximum Gasteiger partial charge on any atom is 0.321 e. The molecular formula is C26H31N3O3. The third-order valence-corrected chi connectivity index (χ3v) is 6.03. The summed E-state index contributed by atoms with van der Waals surface area (Å²) in [6.45, 7) is 4.07. The number of carbonyl (C=O) groups excluding carboxylic acids is 2. The van der Waals surface area contributed by atoms with Gasteiger partial charge < -0.3 is 19.9 Å². The van der Waals surface area contributed by atoms with Gasteiger partial charge >= 0.3 is 6.03 Å². The lowest BCUT2D eigenvalue weighted by Gasteiger charge is -2.34. The van der Waals surface area contributed by atoms with E-state index in [4.69, 9.17) is 4.74 Å². The molecule has 1 heterocycles. The molecule has 0 bridgehead atoms. The number of piperazine rings is 1. The Morgan fingerprint density at radius 3 is 2.44 bits per heavy atom. The van der Waals surface area contributed by atoms with Gasteiger partial charge in [-0.25, -0.2) is 4.79 Å². The molecule has 168 valence electrons. The van der Waals surface area contributed by atoms with Crippen LogP contribution in [0.5, 0.6) is 5.75 Å². The number of ether oxygens (including phenoxy) is 1. The Morgan fingerprint density at radius 2 is 1.69 bits per heavy atom. The molecule has 0 spiro atoms. The highest BCUT2D eigenvalue weighted by atomic mass is 16.5. The Morgan fingerprint density at radius 1 is 0.969 bits per heavy atom. The van der Waals surface area contributed by atoms with Crippen LogP contribution in [0.2, 0.25) is 0 Å². The molecule has 2 aromatic rings. The topological polar surface area (TPSA) is 61.9 Å². The van der Waals surface area contributed by atoms with Crippen LogP contribution >= 0.6 is 0 Å². The standard InChI is InChI=1S/C26H31N3O3/c1-20-6-4-8-22(18-20)27-26(31)29-16-14-28(15-17-29)25(30)13-12-21-7-5-11-24(19-21)32-23-9-2-3-10-23/h4-8,11-13,18-19,23H,2-3,9-10,14-17H2,1H3,(H,27,31). The van der Waals surface area contributed by atoms with Crippen LogP contribution in [0.4, 0.5) is 10.5 Å². The third-order valence-electron chi connectivity index (χ3n) is 6.03. The monoisotopic (exact) mass is 433 g/mol. The molecule has 4 rings (SSSR count). The van der Waals surface area contributed by atoms with Crippen LogP contribution in [0.1, 0.15) is 36.8 Å². The van der Waals surface area contributed by atoms with Gasteiger partial charge in [0.15, 0.2) is 0 Å². The maximum absolute atomic E-state index is 12.6. The second-order valence-electron chi connectivity index (χ2n) is 8.54. The van der Waals surface area contributed by atoms with E-state index in [0.717, 1.165) is 35.4 Å². The summed E-state index contributed by atoms with van der Waals surface area (Å²) in [5, 5.41) is 2.93. The number of amides is 3. The Hall–Kier alpha value is -3.28. The van der Waals surface area contributed by atoms with E-state index in [9.17, 15) is 9.59 Å². The average molecular weight is 434 g/mol. The van der Waals surface area contributed by atoms with Crippen molar-refractivity contribution in [3.8, 4) is 5.75 Å². The number of benzene rings is 2. The lowest BCUT2D eigenvalue weighted by molar-refractivity contribution is -0.127. The van der Waals surface area contributed by atoms with Gasteiger partial charge in [-0.1, -0.05) is 24.3 Å². The molecule has 2 aromatic carbocycles. The lowest BCUT2D eigenvalue weighted by atomic mass is 10.2. The van der Waals surface area contributed by atoms with Crippen molar-refractivity contribution < 1.29 is 14.3 Å². The molecule has 2 fully saturated rings. The van der Waals surface area contributed by atoms with Gasteiger partial charge in [0.25, 0.3) is 0 Å². The van der Waals surface area contributed by atoms with Gasteiger partial charge in [0, 0.05) is 37.9 Å². The fourth-order valence-electron chi connectivity index (χ4n) is 4.22. The van der Waals surface area contributed by atoms with E-state index in [-0.39, 0.29) is 11.9 Å². The molecular weight excluding hydrogens is 402 g/mol. The minimum atomic E-state index is -0.127. The van der Waals surface area contributed by atoms with Crippen molar-refractivity contribution in [2.45, 2.75) is 38.7 Å². The van der Waals surface area contributed by atoms with E-state index in [1.54, 1.807) is 15.9 Å². The minimum absolute atomic E-state index is 0.0362. The molecule has 0 unspecified atom stereocenters. The molecule has 32 heavy (non-hydrogen) atoms. The number of hydrogen-bond acceptors (Lipinski definition) is 3. The second-order valence-corrected chi connectivity index (χ2v) is 8.54. The van der Waals surface area contributed by atoms with E-state index in [0.29, 0.717) is 32.3 Å². The molecule has 2 aliphatic rings. The summed E-state index contributed by atoms with van der Waals surface area (Å²) in [6.07, 6.45) is 8.47. The van der Waals surface area contributed by atoms with Crippen LogP contribution in [0.25, 0.3) is 6.08 Å². The highest BCUT2D eigenvalue weighted by Crippen LogP contribution is 2.25. The van der Waals surface area contributed by atoms with Crippen LogP contribution in [0.3, 0.4) is 0 Å². The number of hydrogen-bond donors (Lipinski definition) is 1. The molecule has 6 nitrogen and oxygen atoms in total. The molecule has 1 saturated carbocycles. The predicted molar refractivity (Wildman–Crippen MR) is 127 cm³/mol. The van der Waals surface area contributed by atoms with Crippen LogP contribution in [0, 0.1) is 6.92 Å². The summed E-state index contributed by atoms with van der Waals surface area (Å²) < 4.78 is 6.05. The molecule has 0 aromatic heterocycles. The van der Waals surface area contributed by atoms with Crippen LogP contribution in [-0.2, 0) is 4.79 Å². The van der Waals surface area contributed by atoms with E-state index >= 15 is 0 Å². The Labute approximate surface area is 189 Å². The summed E-state index contributed by atoms with van der Waals surface area (Å²) in [6, 6.07) is 15.5. The zero-order valence-electron chi connectivity index (χ0n) is 18.6. The number of anilines is 1. The van der Waals surface area contributed by atoms with Gasteiger partial charge in [-0.3, -0.25) is 4.79 Å². The lowest BCUT2D eigenvalue weighted by Crippen LogP contribution is -2.51. The fourth-order valence-corrected chi connectivity index (χ4v) is 4.22. The molecule has 6 heteroatoms. The number of nitrogens with one attached hydrogen (secondary N) is 1. The Balaban J connectivity index is 1.26. The zero-order chi connectivity index (χ0) is 22.3. The summed E-state index contributed by atoms with van der Waals surface area (Å²) in [4.78, 5) is 28.7. The second kappa shape index (κ2) is 10.4. The van der Waals surface area contributed by atoms with E-state index in [2.05, 4.69) is 5.32 Å². The number of urea groups is 1. The number of rotatable bonds is 5. The normalized spacial score (nSPS) is 17.0. The van der Waals surface area contributed by atoms with Crippen molar-refractivity contribution in [1.29, 1.82) is 0 Å². The van der Waals surface area contributed by atoms with Crippen LogP contribution in [-0.4, -0.2) is 54.0 Å². The van der Waals surface area contributed by atoms with Crippen molar-refractivity contribution in [2.24, 2.45) is 0 Å². The molecule has 1 saturated heterocycles. The molecule has 1 aliphatic heterocycles. The fraction of sp³-hybridized carbons (Fsp3) is 0.385. The quantitative estimate of drug-likeness (QED) is 0.695. The smallest absolute Gasteiger partial charge is 0.321 e. The number of carbonyl (C=O) groups is 2. The summed E-state index contributed by atoms with van der Waals surface area (Å²) in [5.74, 6) is 0.825. The van der Waals surface area contributed by atoms with Crippen LogP contribution < -0.4 is 10.1 Å². The third kappa shape index (κ3) is 5.90. The van der Waals surface area contributed by atoms with Crippen molar-refractivity contribution in [3.63, 3.8) is 0 Å². The summed E-state index contributed by atoms with van der Waals surface area (Å²) in [5.41, 5.74) is 2.83. The Kier molecular flexibility index (Phi) is 7.10. The SMILES string of the molecule is Cc1cccc(NC(=O)N2CCN(C(=O)C=Cc3cccc(OC4CCCC4)c3)CC2)c1. The van der Waals surface area contributed by atoms with Gasteiger partial charge in [0.1, 0.15) is 5.75 Å². The van der Waals surface area contributed by atoms with Crippen LogP contribution in [0.15, 0.2) is 54.6 Å². The van der Waals surface area contributed by atoms with E-state index < -0.39 is 0 Å².